The summed E-state index contributed by atoms with van der Waals surface area (Å²) in [6.07, 6.45) is 1.02. The van der Waals surface area contributed by atoms with Crippen molar-refractivity contribution in [1.29, 1.82) is 0 Å². The van der Waals surface area contributed by atoms with Gasteiger partial charge in [-0.15, -0.1) is 11.3 Å². The molecule has 0 spiro atoms. The van der Waals surface area contributed by atoms with Crippen LogP contribution in [0.25, 0.3) is 0 Å². The average molecular weight is 310 g/mol. The molecule has 2 rings (SSSR count). The molecule has 0 saturated carbocycles. The minimum Gasteiger partial charge on any atom is -0.478 e. The smallest absolute Gasteiger partial charge is 0.340 e. The predicted octanol–water partition coefficient (Wildman–Crippen LogP) is 2.81. The zero-order valence-electron chi connectivity index (χ0n) is 11.1. The molecular formula is C13H14N2O3S2. The van der Waals surface area contributed by atoms with Crippen molar-refractivity contribution in [3.8, 4) is 0 Å². The summed E-state index contributed by atoms with van der Waals surface area (Å²) in [5, 5.41) is 11.5. The van der Waals surface area contributed by atoms with Crippen molar-refractivity contribution in [2.24, 2.45) is 0 Å². The van der Waals surface area contributed by atoms with Crippen LogP contribution in [-0.2, 0) is 11.2 Å². The Morgan fingerprint density at radius 1 is 1.45 bits per heavy atom. The van der Waals surface area contributed by atoms with Gasteiger partial charge in [0.2, 0.25) is 5.91 Å². The number of carboxylic acid groups (broad SMARTS) is 1. The summed E-state index contributed by atoms with van der Waals surface area (Å²) in [6.45, 7) is 1.63. The first-order valence-corrected chi connectivity index (χ1v) is 7.64. The van der Waals surface area contributed by atoms with Crippen molar-refractivity contribution in [3.63, 3.8) is 0 Å². The third-order valence-electron chi connectivity index (χ3n) is 2.90. The van der Waals surface area contributed by atoms with E-state index < -0.39 is 5.97 Å². The number of carboxylic acids is 1. The van der Waals surface area contributed by atoms with Crippen LogP contribution in [0.3, 0.4) is 0 Å². The van der Waals surface area contributed by atoms with Gasteiger partial charge in [0.1, 0.15) is 10.6 Å². The lowest BCUT2D eigenvalue weighted by molar-refractivity contribution is -0.118. The Hall–Kier alpha value is -1.73. The largest absolute Gasteiger partial charge is 0.478 e. The van der Waals surface area contributed by atoms with Crippen molar-refractivity contribution in [2.75, 3.05) is 11.9 Å². The third kappa shape index (κ3) is 3.05. The summed E-state index contributed by atoms with van der Waals surface area (Å²) in [5.41, 5.74) is 0.553. The Labute approximate surface area is 124 Å². The van der Waals surface area contributed by atoms with Crippen LogP contribution in [0.5, 0.6) is 0 Å². The number of aromatic carboxylic acids is 1. The Kier molecular flexibility index (Phi) is 4.51. The topological polar surface area (TPSA) is 70.5 Å². The van der Waals surface area contributed by atoms with Gasteiger partial charge in [-0.3, -0.25) is 4.79 Å². The summed E-state index contributed by atoms with van der Waals surface area (Å²) in [6, 6.07) is 3.93. The Morgan fingerprint density at radius 3 is 2.80 bits per heavy atom. The highest BCUT2D eigenvalue weighted by Crippen LogP contribution is 2.28. The molecule has 0 aromatic carbocycles. The molecule has 2 heterocycles. The van der Waals surface area contributed by atoms with Crippen molar-refractivity contribution in [1.82, 2.24) is 4.37 Å². The van der Waals surface area contributed by atoms with E-state index in [1.54, 1.807) is 25.3 Å². The average Bonchev–Trinajstić information content (AvgIpc) is 3.03. The molecule has 5 nitrogen and oxygen atoms in total. The molecule has 1 amide bonds. The SMILES string of the molecule is Cc1nsc(N(C)C(=O)CCc2cccs2)c1C(=O)O. The normalized spacial score (nSPS) is 10.5. The van der Waals surface area contributed by atoms with E-state index in [0.717, 1.165) is 16.4 Å². The summed E-state index contributed by atoms with van der Waals surface area (Å²) >= 11 is 2.65. The maximum atomic E-state index is 12.1. The lowest BCUT2D eigenvalue weighted by atomic mass is 10.2. The van der Waals surface area contributed by atoms with Gasteiger partial charge in [-0.1, -0.05) is 6.07 Å². The van der Waals surface area contributed by atoms with Crippen LogP contribution < -0.4 is 4.90 Å². The van der Waals surface area contributed by atoms with Crippen LogP contribution in [0.15, 0.2) is 17.5 Å². The van der Waals surface area contributed by atoms with Crippen molar-refractivity contribution >= 4 is 39.7 Å². The van der Waals surface area contributed by atoms with E-state index in [9.17, 15) is 14.7 Å². The quantitative estimate of drug-likeness (QED) is 0.922. The van der Waals surface area contributed by atoms with Crippen molar-refractivity contribution in [2.45, 2.75) is 19.8 Å². The minimum absolute atomic E-state index is 0.107. The second-order valence-corrected chi connectivity index (χ2v) is 6.07. The number of rotatable bonds is 5. The van der Waals surface area contributed by atoms with Gasteiger partial charge in [0.05, 0.1) is 5.69 Å². The lowest BCUT2D eigenvalue weighted by Crippen LogP contribution is -2.27. The maximum absolute atomic E-state index is 12.1. The van der Waals surface area contributed by atoms with Crippen LogP contribution in [0.1, 0.15) is 27.3 Å². The first-order valence-electron chi connectivity index (χ1n) is 5.99. The fraction of sp³-hybridized carbons (Fsp3) is 0.308. The lowest BCUT2D eigenvalue weighted by Gasteiger charge is -2.15. The summed E-state index contributed by atoms with van der Waals surface area (Å²) in [5.74, 6) is -1.16. The zero-order valence-corrected chi connectivity index (χ0v) is 12.8. The third-order valence-corrected chi connectivity index (χ3v) is 4.85. The van der Waals surface area contributed by atoms with Gasteiger partial charge in [-0.05, 0) is 36.3 Å². The fourth-order valence-corrected chi connectivity index (χ4v) is 3.37. The molecule has 106 valence electrons. The van der Waals surface area contributed by atoms with Gasteiger partial charge in [-0.25, -0.2) is 4.79 Å². The Morgan fingerprint density at radius 2 is 2.20 bits per heavy atom. The molecular weight excluding hydrogens is 296 g/mol. The first-order chi connectivity index (χ1) is 9.50. The number of thiophene rings is 1. The van der Waals surface area contributed by atoms with E-state index in [2.05, 4.69) is 4.37 Å². The maximum Gasteiger partial charge on any atom is 0.340 e. The van der Waals surface area contributed by atoms with Crippen LogP contribution >= 0.6 is 22.9 Å². The van der Waals surface area contributed by atoms with E-state index in [0.29, 0.717) is 23.5 Å². The molecule has 0 unspecified atom stereocenters. The zero-order chi connectivity index (χ0) is 14.7. The molecule has 0 radical (unpaired) electrons. The molecule has 20 heavy (non-hydrogen) atoms. The molecule has 0 saturated heterocycles. The number of aromatic nitrogens is 1. The molecule has 7 heteroatoms. The van der Waals surface area contributed by atoms with Crippen LogP contribution in [0.4, 0.5) is 5.00 Å². The van der Waals surface area contributed by atoms with Crippen LogP contribution in [-0.4, -0.2) is 28.4 Å². The highest BCUT2D eigenvalue weighted by Gasteiger charge is 2.23. The number of nitrogens with zero attached hydrogens (tertiary/aromatic N) is 2. The number of hydrogen-bond donors (Lipinski definition) is 1. The Balaban J connectivity index is 2.09. The number of aryl methyl sites for hydroxylation is 2. The highest BCUT2D eigenvalue weighted by atomic mass is 32.1. The molecule has 0 aliphatic heterocycles. The fourth-order valence-electron chi connectivity index (χ4n) is 1.80. The summed E-state index contributed by atoms with van der Waals surface area (Å²) in [7, 11) is 1.59. The second kappa shape index (κ2) is 6.15. The van der Waals surface area contributed by atoms with E-state index in [1.807, 2.05) is 17.5 Å². The summed E-state index contributed by atoms with van der Waals surface area (Å²) in [4.78, 5) is 25.9. The molecule has 0 fully saturated rings. The predicted molar refractivity (Wildman–Crippen MR) is 79.9 cm³/mol. The molecule has 2 aromatic heterocycles. The number of anilines is 1. The Bertz CT molecular complexity index is 620. The highest BCUT2D eigenvalue weighted by molar-refractivity contribution is 7.11. The molecule has 0 aliphatic carbocycles. The molecule has 0 bridgehead atoms. The van der Waals surface area contributed by atoms with Crippen molar-refractivity contribution < 1.29 is 14.7 Å². The van der Waals surface area contributed by atoms with Gasteiger partial charge in [0, 0.05) is 18.3 Å². The van der Waals surface area contributed by atoms with Gasteiger partial charge in [0.15, 0.2) is 0 Å². The van der Waals surface area contributed by atoms with E-state index in [4.69, 9.17) is 0 Å². The second-order valence-electron chi connectivity index (χ2n) is 4.29. The van der Waals surface area contributed by atoms with Gasteiger partial charge < -0.3 is 10.0 Å². The molecule has 0 atom stereocenters. The number of carbonyl (C=O) groups is 2. The van der Waals surface area contributed by atoms with Gasteiger partial charge >= 0.3 is 5.97 Å². The van der Waals surface area contributed by atoms with E-state index >= 15 is 0 Å². The van der Waals surface area contributed by atoms with E-state index in [-0.39, 0.29) is 11.5 Å². The van der Waals surface area contributed by atoms with Crippen molar-refractivity contribution in [3.05, 3.63) is 33.6 Å². The minimum atomic E-state index is -1.05. The number of carbonyl (C=O) groups excluding carboxylic acids is 1. The summed E-state index contributed by atoms with van der Waals surface area (Å²) < 4.78 is 4.02. The first kappa shape index (κ1) is 14.7. The van der Waals surface area contributed by atoms with Gasteiger partial charge in [0.25, 0.3) is 0 Å². The molecule has 0 aliphatic rings. The van der Waals surface area contributed by atoms with Crippen LogP contribution in [0, 0.1) is 6.92 Å². The van der Waals surface area contributed by atoms with E-state index in [1.165, 1.54) is 4.90 Å². The van der Waals surface area contributed by atoms with Gasteiger partial charge in [-0.2, -0.15) is 4.37 Å². The number of amides is 1. The molecule has 1 N–H and O–H groups in total. The number of hydrogen-bond acceptors (Lipinski definition) is 5. The van der Waals surface area contributed by atoms with Crippen LogP contribution in [0.2, 0.25) is 0 Å². The monoisotopic (exact) mass is 310 g/mol. The standard InChI is InChI=1S/C13H14N2O3S2/c1-8-11(13(17)18)12(20-14-8)15(2)10(16)6-5-9-4-3-7-19-9/h3-4,7H,5-6H2,1-2H3,(H,17,18). The molecule has 2 aromatic rings.